The molecule has 0 saturated carbocycles. The van der Waals surface area contributed by atoms with Gasteiger partial charge in [-0.05, 0) is 159 Å². The molecule has 36 heteroatoms. The second-order valence-electron chi connectivity index (χ2n) is 39.6. The van der Waals surface area contributed by atoms with Gasteiger partial charge < -0.3 is 121 Å². The van der Waals surface area contributed by atoms with Crippen molar-refractivity contribution in [1.29, 1.82) is 0 Å². The molecular formula is C108H132N12O24. The van der Waals surface area contributed by atoms with Crippen molar-refractivity contribution in [2.75, 3.05) is 68.7 Å². The van der Waals surface area contributed by atoms with Crippen molar-refractivity contribution in [2.24, 2.45) is 0 Å². The highest BCUT2D eigenvalue weighted by Crippen LogP contribution is 2.61. The highest BCUT2D eigenvalue weighted by molar-refractivity contribution is 6.04. The molecule has 0 saturated heterocycles. The van der Waals surface area contributed by atoms with Crippen LogP contribution in [0.3, 0.4) is 0 Å². The smallest absolute Gasteiger partial charge is 0.407 e. The van der Waals surface area contributed by atoms with Crippen LogP contribution in [0.4, 0.5) is 64.7 Å². The van der Waals surface area contributed by atoms with Crippen molar-refractivity contribution in [3.63, 3.8) is 0 Å². The van der Waals surface area contributed by atoms with Gasteiger partial charge in [-0.1, -0.05) is 55.4 Å². The monoisotopic (exact) mass is 1980 g/mol. The lowest BCUT2D eigenvalue weighted by molar-refractivity contribution is -0.116. The van der Waals surface area contributed by atoms with Gasteiger partial charge in [0.25, 0.3) is 0 Å². The van der Waals surface area contributed by atoms with E-state index >= 15 is 0 Å². The molecule has 0 unspecified atom stereocenters. The van der Waals surface area contributed by atoms with Crippen LogP contribution in [0.1, 0.15) is 309 Å². The molecule has 1 aliphatic carbocycles. The average Bonchev–Trinajstić information content (AvgIpc) is 1.37. The summed E-state index contributed by atoms with van der Waals surface area (Å²) in [7, 11) is 0. The second kappa shape index (κ2) is 45.5. The summed E-state index contributed by atoms with van der Waals surface area (Å²) < 4.78 is 84.5. The molecule has 12 amide bonds. The summed E-state index contributed by atoms with van der Waals surface area (Å²) in [5.41, 5.74) is 0.448. The Morgan fingerprint density at radius 3 is 0.458 bits per heavy atom. The van der Waals surface area contributed by atoms with Gasteiger partial charge in [0.05, 0.1) is 45.5 Å². The zero-order chi connectivity index (χ0) is 104. The fraction of sp³-hybridized carbons (Fsp3) is 0.444. The molecule has 4 heterocycles. The number of fused-ring (bicyclic) bond motifs is 4. The Morgan fingerprint density at radius 1 is 0.208 bits per heavy atom. The highest BCUT2D eigenvalue weighted by Gasteiger charge is 2.42. The van der Waals surface area contributed by atoms with Gasteiger partial charge in [-0.15, -0.1) is 0 Å². The summed E-state index contributed by atoms with van der Waals surface area (Å²) in [4.78, 5) is 169. The van der Waals surface area contributed by atoms with E-state index in [1.807, 2.05) is 24.3 Å². The topological polar surface area (TPSA) is 460 Å². The minimum Gasteiger partial charge on any atom is -0.453 e. The van der Waals surface area contributed by atoms with E-state index in [-0.39, 0.29) is 266 Å². The normalized spacial score (nSPS) is 14.8. The van der Waals surface area contributed by atoms with Gasteiger partial charge in [-0.25, -0.2) is 19.2 Å². The predicted molar refractivity (Wildman–Crippen MR) is 545 cm³/mol. The molecule has 8 aromatic rings. The third-order valence-corrected chi connectivity index (χ3v) is 23.8. The molecule has 36 nitrogen and oxygen atoms in total. The Hall–Kier alpha value is -15.0. The van der Waals surface area contributed by atoms with Crippen LogP contribution in [0.2, 0.25) is 0 Å². The first-order chi connectivity index (χ1) is 68.3. The number of carbonyl (C=O) groups excluding carboxylic acids is 12. The molecule has 13 rings (SSSR count). The van der Waals surface area contributed by atoms with Gasteiger partial charge in [0.1, 0.15) is 68.4 Å². The molecule has 768 valence electrons. The van der Waals surface area contributed by atoms with Crippen molar-refractivity contribution in [3.05, 3.63) is 142 Å². The van der Waals surface area contributed by atoms with Crippen molar-refractivity contribution >= 4 is 117 Å². The number of nitrogens with one attached hydrogen (secondary N) is 12. The molecule has 0 spiro atoms. The van der Waals surface area contributed by atoms with Crippen LogP contribution in [0.15, 0.2) is 97.1 Å². The lowest BCUT2D eigenvalue weighted by Gasteiger charge is -2.30. The fourth-order valence-corrected chi connectivity index (χ4v) is 17.0. The first kappa shape index (κ1) is 106. The third kappa shape index (κ3) is 27.1. The van der Waals surface area contributed by atoms with Gasteiger partial charge in [0.2, 0.25) is 47.3 Å². The Balaban J connectivity index is 1.28. The minimum absolute atomic E-state index is 0.00564. The number of benzene rings is 8. The van der Waals surface area contributed by atoms with Crippen LogP contribution >= 0.6 is 0 Å². The third-order valence-electron chi connectivity index (χ3n) is 23.8. The lowest BCUT2D eigenvalue weighted by atomic mass is 9.76. The Morgan fingerprint density at radius 2 is 0.340 bits per heavy atom. The predicted octanol–water partition coefficient (Wildman–Crippen LogP) is 24.1. The van der Waals surface area contributed by atoms with Crippen LogP contribution < -0.4 is 102 Å². The van der Waals surface area contributed by atoms with Crippen LogP contribution in [0, 0.1) is 0 Å². The molecule has 8 bridgehead atoms. The van der Waals surface area contributed by atoms with E-state index in [0.29, 0.717) is 44.5 Å². The van der Waals surface area contributed by atoms with Gasteiger partial charge in [0.15, 0.2) is 46.0 Å². The Kier molecular flexibility index (Phi) is 33.6. The maximum Gasteiger partial charge on any atom is 0.407 e. The van der Waals surface area contributed by atoms with Crippen LogP contribution in [-0.2, 0) is 57.3 Å². The van der Waals surface area contributed by atoms with Crippen molar-refractivity contribution in [2.45, 2.75) is 287 Å². The summed E-state index contributed by atoms with van der Waals surface area (Å²) in [6.45, 7) is 34.3. The molecule has 12 N–H and O–H groups in total. The summed E-state index contributed by atoms with van der Waals surface area (Å²) in [6.07, 6.45) is -1.81. The van der Waals surface area contributed by atoms with E-state index in [1.54, 1.807) is 163 Å². The van der Waals surface area contributed by atoms with Crippen molar-refractivity contribution in [3.8, 4) is 92.0 Å². The molecule has 144 heavy (non-hydrogen) atoms. The van der Waals surface area contributed by atoms with Gasteiger partial charge in [-0.3, -0.25) is 38.4 Å². The molecule has 0 aromatic heterocycles. The number of hydrogen-bond donors (Lipinski definition) is 12. The molecule has 8 aromatic carbocycles. The zero-order valence-corrected chi connectivity index (χ0v) is 85.5. The first-order valence-electron chi connectivity index (χ1n) is 49.4. The SMILES string of the molecule is CCC(=O)Nc1cc2c(cc1NC(=O)CC)Oc1cc3c4cc1C(CCCNC(=O)OC(C)(C)C)c1cc5c(cc1O2)Oc1cc(NC(=O)CC)c(NC(=O)CC)cc1Oc1cc2c(cc1C5CCCNC(=O)OC(C)(C)C)C(CCCNC(=O)OC(C)(C)C)c1cc(c(cc1Oc1cc(NC(=O)CC)c(NC(=O)CC)cc1O2)Oc1cc(NC(=O)CC)c(NC(=O)CC)cc1O3)C4CCCNC(=O)OC(C)(C)C. The summed E-state index contributed by atoms with van der Waals surface area (Å²) in [6, 6.07) is 26.8. The Labute approximate surface area is 838 Å². The van der Waals surface area contributed by atoms with Crippen molar-refractivity contribution < 1.29 is 114 Å². The number of ether oxygens (including phenoxy) is 12. The first-order valence-corrected chi connectivity index (χ1v) is 49.4. The van der Waals surface area contributed by atoms with Gasteiger partial charge in [-0.2, -0.15) is 0 Å². The van der Waals surface area contributed by atoms with Crippen LogP contribution in [0.25, 0.3) is 0 Å². The largest absolute Gasteiger partial charge is 0.453 e. The van der Waals surface area contributed by atoms with E-state index in [9.17, 15) is 57.5 Å². The number of hydrogen-bond acceptors (Lipinski definition) is 24. The molecule has 4 aliphatic heterocycles. The number of amides is 12. The molecular weight excluding hydrogens is 1850 g/mol. The van der Waals surface area contributed by atoms with E-state index in [0.717, 1.165) is 0 Å². The maximum atomic E-state index is 14.1. The molecule has 0 fully saturated rings. The summed E-state index contributed by atoms with van der Waals surface area (Å²) in [5, 5.41) is 35.8. The quantitative estimate of drug-likeness (QED) is 0.0138. The standard InChI is InChI=1S/C108H132N12O24/c1-21-93(121)113-69-45-85-86(46-70(69)114-94(122)22-2)134-78-54-80-64-42-62(78)57(33-29-37-109-101(129)141-105(9,10)11)61-41-63-58(34-30-38-110-102(130)142-106(12,13)14)65-43-67-60(36-32-40-112-104(132)144-108(18,19)20)68-44-66(59(64)35-31-39-111-103(131)143-107(15,16)17)82(138-90-50-74(118-98(126)26-6)73(49-89(90)136-80)117-97(125)25-5)56-84(68)140-92-52-76(120-100(128)28-8)75(119-99(127)27-7)51-91(92)139-83(67)55-81(65)137-88-48-72(116-96(124)24-4)71(115-95(123)23-3)47-87(88)135-79(63)53-77(61)133-85/h41-60H,21-40H2,1-20H3,(H,109,129)(H,110,130)(H,111,131)(H,112,132)(H,113,121)(H,114,122)(H,115,123)(H,116,124)(H,117,125)(H,118,126)(H,119,127)(H,120,128). The molecule has 5 aliphatic rings. The number of rotatable bonds is 32. The fourth-order valence-electron chi connectivity index (χ4n) is 17.0. The summed E-state index contributed by atoms with van der Waals surface area (Å²) in [5.74, 6) is -7.28. The van der Waals surface area contributed by atoms with Crippen LogP contribution in [0.5, 0.6) is 92.0 Å². The highest BCUT2D eigenvalue weighted by atomic mass is 16.6. The maximum absolute atomic E-state index is 14.1. The molecule has 0 atom stereocenters. The van der Waals surface area contributed by atoms with E-state index in [2.05, 4.69) is 63.8 Å². The second-order valence-corrected chi connectivity index (χ2v) is 39.6. The van der Waals surface area contributed by atoms with E-state index in [1.165, 1.54) is 48.5 Å². The van der Waals surface area contributed by atoms with Crippen LogP contribution in [-0.4, -0.2) is 120 Å². The average molecular weight is 1980 g/mol. The van der Waals surface area contributed by atoms with Crippen molar-refractivity contribution in [1.82, 2.24) is 21.3 Å². The Bertz CT molecular complexity index is 5270. The minimum atomic E-state index is -1.01. The lowest BCUT2D eigenvalue weighted by Crippen LogP contribution is -2.33. The van der Waals surface area contributed by atoms with E-state index < -0.39 is 118 Å². The van der Waals surface area contributed by atoms with Gasteiger partial charge in [0, 0.05) is 219 Å². The van der Waals surface area contributed by atoms with Gasteiger partial charge >= 0.3 is 24.4 Å². The zero-order valence-electron chi connectivity index (χ0n) is 85.5. The number of anilines is 8. The number of alkyl carbamates (subject to hydrolysis) is 4. The summed E-state index contributed by atoms with van der Waals surface area (Å²) >= 11 is 0. The van der Waals surface area contributed by atoms with E-state index in [4.69, 9.17) is 56.8 Å². The number of carbonyl (C=O) groups is 12. The molecule has 0 radical (unpaired) electrons.